The van der Waals surface area contributed by atoms with Crippen molar-refractivity contribution >= 4 is 0 Å². The van der Waals surface area contributed by atoms with Crippen LogP contribution < -0.4 is 0 Å². The van der Waals surface area contributed by atoms with Crippen LogP contribution in [0, 0.1) is 35.5 Å². The molecule has 4 atom stereocenters. The summed E-state index contributed by atoms with van der Waals surface area (Å²) in [6, 6.07) is 0. The van der Waals surface area contributed by atoms with Gasteiger partial charge in [-0.15, -0.1) is 0 Å². The molecular formula is C13H26. The molecule has 0 saturated heterocycles. The minimum atomic E-state index is 0.868. The SMILES string of the molecule is CC(C)CC1C(C)C(C)C(C)C1C. The van der Waals surface area contributed by atoms with E-state index in [0.29, 0.717) is 0 Å². The van der Waals surface area contributed by atoms with Gasteiger partial charge in [0.1, 0.15) is 0 Å². The van der Waals surface area contributed by atoms with Crippen molar-refractivity contribution in [2.45, 2.75) is 48.0 Å². The average molecular weight is 182 g/mol. The Bertz CT molecular complexity index is 145. The van der Waals surface area contributed by atoms with E-state index in [9.17, 15) is 0 Å². The van der Waals surface area contributed by atoms with Crippen molar-refractivity contribution in [2.75, 3.05) is 0 Å². The van der Waals surface area contributed by atoms with E-state index in [1.165, 1.54) is 6.42 Å². The first-order valence-corrected chi connectivity index (χ1v) is 5.95. The van der Waals surface area contributed by atoms with E-state index in [2.05, 4.69) is 41.5 Å². The van der Waals surface area contributed by atoms with Crippen LogP contribution in [0.5, 0.6) is 0 Å². The van der Waals surface area contributed by atoms with Gasteiger partial charge >= 0.3 is 0 Å². The molecule has 1 aliphatic carbocycles. The minimum absolute atomic E-state index is 0.868. The lowest BCUT2D eigenvalue weighted by molar-refractivity contribution is 0.267. The van der Waals surface area contributed by atoms with Crippen molar-refractivity contribution in [3.63, 3.8) is 0 Å². The molecule has 0 aromatic carbocycles. The molecule has 1 fully saturated rings. The highest BCUT2D eigenvalue weighted by molar-refractivity contribution is 4.89. The Labute approximate surface area is 84.1 Å². The van der Waals surface area contributed by atoms with Crippen LogP contribution in [0.1, 0.15) is 48.0 Å². The summed E-state index contributed by atoms with van der Waals surface area (Å²) in [7, 11) is 0. The Morgan fingerprint density at radius 2 is 1.15 bits per heavy atom. The smallest absolute Gasteiger partial charge is 0.0355 e. The van der Waals surface area contributed by atoms with Crippen molar-refractivity contribution in [1.29, 1.82) is 0 Å². The molecule has 0 aromatic heterocycles. The molecule has 0 heterocycles. The molecular weight excluding hydrogens is 156 g/mol. The Hall–Kier alpha value is 0. The second-order valence-corrected chi connectivity index (χ2v) is 5.73. The predicted molar refractivity (Wildman–Crippen MR) is 59.6 cm³/mol. The standard InChI is InChI=1S/C13H26/c1-8(2)7-13-11(5)9(3)10(4)12(13)6/h8-13H,7H2,1-6H3. The Kier molecular flexibility index (Phi) is 3.43. The molecule has 0 heteroatoms. The third-order valence-corrected chi connectivity index (χ3v) is 4.58. The normalized spacial score (nSPS) is 45.9. The third kappa shape index (κ3) is 2.08. The lowest BCUT2D eigenvalue weighted by Crippen LogP contribution is -2.15. The van der Waals surface area contributed by atoms with E-state index in [4.69, 9.17) is 0 Å². The molecule has 78 valence electrons. The first-order valence-electron chi connectivity index (χ1n) is 5.95. The number of rotatable bonds is 2. The van der Waals surface area contributed by atoms with Crippen molar-refractivity contribution in [2.24, 2.45) is 35.5 Å². The molecule has 4 unspecified atom stereocenters. The average Bonchev–Trinajstić information content (AvgIpc) is 2.22. The summed E-state index contributed by atoms with van der Waals surface area (Å²) in [6.45, 7) is 14.5. The van der Waals surface area contributed by atoms with Crippen LogP contribution in [-0.4, -0.2) is 0 Å². The molecule has 0 nitrogen and oxygen atoms in total. The fraction of sp³-hybridized carbons (Fsp3) is 1.00. The van der Waals surface area contributed by atoms with Crippen LogP contribution in [0.4, 0.5) is 0 Å². The van der Waals surface area contributed by atoms with Gasteiger partial charge in [-0.05, 0) is 41.9 Å². The quantitative estimate of drug-likeness (QED) is 0.600. The van der Waals surface area contributed by atoms with E-state index in [0.717, 1.165) is 35.5 Å². The summed E-state index contributed by atoms with van der Waals surface area (Å²) in [5.41, 5.74) is 0. The van der Waals surface area contributed by atoms with Gasteiger partial charge in [0.15, 0.2) is 0 Å². The largest absolute Gasteiger partial charge is 0.0628 e. The summed E-state index contributed by atoms with van der Waals surface area (Å²) in [4.78, 5) is 0. The van der Waals surface area contributed by atoms with Gasteiger partial charge in [-0.3, -0.25) is 0 Å². The lowest BCUT2D eigenvalue weighted by atomic mass is 9.83. The molecule has 0 amide bonds. The Morgan fingerprint density at radius 1 is 0.769 bits per heavy atom. The van der Waals surface area contributed by atoms with Crippen molar-refractivity contribution in [3.05, 3.63) is 0 Å². The maximum atomic E-state index is 2.46. The maximum Gasteiger partial charge on any atom is -0.0355 e. The molecule has 1 aliphatic rings. The third-order valence-electron chi connectivity index (χ3n) is 4.58. The number of hydrogen-bond acceptors (Lipinski definition) is 0. The summed E-state index contributed by atoms with van der Waals surface area (Å²) in [5, 5.41) is 0. The van der Waals surface area contributed by atoms with E-state index in [-0.39, 0.29) is 0 Å². The monoisotopic (exact) mass is 182 g/mol. The lowest BCUT2D eigenvalue weighted by Gasteiger charge is -2.23. The molecule has 0 aromatic rings. The fourth-order valence-corrected chi connectivity index (χ4v) is 3.19. The summed E-state index contributed by atoms with van der Waals surface area (Å²) >= 11 is 0. The molecule has 1 rings (SSSR count). The summed E-state index contributed by atoms with van der Waals surface area (Å²) in [5.74, 6) is 5.58. The topological polar surface area (TPSA) is 0 Å². The summed E-state index contributed by atoms with van der Waals surface area (Å²) < 4.78 is 0. The second-order valence-electron chi connectivity index (χ2n) is 5.73. The molecule has 0 N–H and O–H groups in total. The zero-order chi connectivity index (χ0) is 10.2. The van der Waals surface area contributed by atoms with Crippen molar-refractivity contribution in [1.82, 2.24) is 0 Å². The van der Waals surface area contributed by atoms with Crippen LogP contribution in [0.15, 0.2) is 0 Å². The molecule has 13 heavy (non-hydrogen) atoms. The van der Waals surface area contributed by atoms with Crippen LogP contribution in [0.25, 0.3) is 0 Å². The Morgan fingerprint density at radius 3 is 1.46 bits per heavy atom. The van der Waals surface area contributed by atoms with E-state index in [1.807, 2.05) is 0 Å². The van der Waals surface area contributed by atoms with Gasteiger partial charge < -0.3 is 0 Å². The van der Waals surface area contributed by atoms with Gasteiger partial charge in [-0.1, -0.05) is 41.5 Å². The van der Waals surface area contributed by atoms with Crippen molar-refractivity contribution < 1.29 is 0 Å². The van der Waals surface area contributed by atoms with Crippen LogP contribution in [-0.2, 0) is 0 Å². The first kappa shape index (κ1) is 11.1. The van der Waals surface area contributed by atoms with E-state index in [1.54, 1.807) is 0 Å². The highest BCUT2D eigenvalue weighted by Gasteiger charge is 2.40. The van der Waals surface area contributed by atoms with Gasteiger partial charge in [0.25, 0.3) is 0 Å². The summed E-state index contributed by atoms with van der Waals surface area (Å²) in [6.07, 6.45) is 1.43. The minimum Gasteiger partial charge on any atom is -0.0628 e. The Balaban J connectivity index is 2.64. The maximum absolute atomic E-state index is 2.46. The van der Waals surface area contributed by atoms with E-state index < -0.39 is 0 Å². The molecule has 0 aliphatic heterocycles. The molecule has 0 radical (unpaired) electrons. The molecule has 1 saturated carbocycles. The van der Waals surface area contributed by atoms with Crippen LogP contribution >= 0.6 is 0 Å². The van der Waals surface area contributed by atoms with Crippen molar-refractivity contribution in [3.8, 4) is 0 Å². The van der Waals surface area contributed by atoms with Gasteiger partial charge in [0.2, 0.25) is 0 Å². The fourth-order valence-electron chi connectivity index (χ4n) is 3.19. The zero-order valence-corrected chi connectivity index (χ0v) is 10.2. The van der Waals surface area contributed by atoms with Gasteiger partial charge in [0.05, 0.1) is 0 Å². The van der Waals surface area contributed by atoms with Crippen LogP contribution in [0.3, 0.4) is 0 Å². The second kappa shape index (κ2) is 4.02. The highest BCUT2D eigenvalue weighted by atomic mass is 14.5. The molecule has 0 spiro atoms. The van der Waals surface area contributed by atoms with Gasteiger partial charge in [-0.2, -0.15) is 0 Å². The van der Waals surface area contributed by atoms with Crippen LogP contribution in [0.2, 0.25) is 0 Å². The highest BCUT2D eigenvalue weighted by Crippen LogP contribution is 2.47. The number of hydrogen-bond donors (Lipinski definition) is 0. The molecule has 0 bridgehead atoms. The zero-order valence-electron chi connectivity index (χ0n) is 10.2. The van der Waals surface area contributed by atoms with E-state index >= 15 is 0 Å². The van der Waals surface area contributed by atoms with Gasteiger partial charge in [0, 0.05) is 0 Å². The first-order chi connectivity index (χ1) is 5.95. The van der Waals surface area contributed by atoms with Gasteiger partial charge in [-0.25, -0.2) is 0 Å². The predicted octanol–water partition coefficient (Wildman–Crippen LogP) is 4.21.